The van der Waals surface area contributed by atoms with Crippen LogP contribution < -0.4 is 0 Å². The SMILES string of the molecule is O=C(/C=C/c1ccc(Cl)cc1)N1CCC(S(=O)(=O)c2ccccc2)C1. The maximum atomic E-state index is 12.6. The summed E-state index contributed by atoms with van der Waals surface area (Å²) in [6.07, 6.45) is 3.64. The predicted molar refractivity (Wildman–Crippen MR) is 99.1 cm³/mol. The molecule has 1 aliphatic heterocycles. The number of amides is 1. The van der Waals surface area contributed by atoms with E-state index in [1.165, 1.54) is 6.08 Å². The second-order valence-corrected chi connectivity index (χ2v) is 8.60. The van der Waals surface area contributed by atoms with Gasteiger partial charge in [-0.1, -0.05) is 41.9 Å². The second kappa shape index (κ2) is 7.42. The number of halogens is 1. The lowest BCUT2D eigenvalue weighted by atomic mass is 10.2. The van der Waals surface area contributed by atoms with E-state index in [9.17, 15) is 13.2 Å². The fourth-order valence-corrected chi connectivity index (χ4v) is 4.67. The molecule has 2 aromatic rings. The minimum atomic E-state index is -3.41. The highest BCUT2D eigenvalue weighted by Gasteiger charge is 2.35. The van der Waals surface area contributed by atoms with Crippen molar-refractivity contribution in [2.75, 3.05) is 13.1 Å². The van der Waals surface area contributed by atoms with Crippen molar-refractivity contribution in [3.05, 3.63) is 71.3 Å². The summed E-state index contributed by atoms with van der Waals surface area (Å²) in [5.74, 6) is -0.180. The normalized spacial score (nSPS) is 18.0. The van der Waals surface area contributed by atoms with Gasteiger partial charge in [-0.05, 0) is 42.3 Å². The molecule has 0 radical (unpaired) electrons. The number of rotatable bonds is 4. The summed E-state index contributed by atoms with van der Waals surface area (Å²) in [5.41, 5.74) is 0.866. The Kier molecular flexibility index (Phi) is 5.25. The Labute approximate surface area is 152 Å². The molecule has 1 fully saturated rings. The summed E-state index contributed by atoms with van der Waals surface area (Å²) in [4.78, 5) is 14.2. The molecule has 0 spiro atoms. The number of benzene rings is 2. The summed E-state index contributed by atoms with van der Waals surface area (Å²) in [5, 5.41) is 0.0831. The first-order valence-electron chi connectivity index (χ1n) is 7.98. The number of likely N-dealkylation sites (tertiary alicyclic amines) is 1. The Bertz CT molecular complexity index is 877. The van der Waals surface area contributed by atoms with E-state index in [0.29, 0.717) is 22.9 Å². The monoisotopic (exact) mass is 375 g/mol. The molecule has 25 heavy (non-hydrogen) atoms. The van der Waals surface area contributed by atoms with E-state index in [1.54, 1.807) is 53.4 Å². The molecule has 130 valence electrons. The summed E-state index contributed by atoms with van der Waals surface area (Å²) in [6.45, 7) is 0.668. The van der Waals surface area contributed by atoms with Gasteiger partial charge < -0.3 is 4.90 Å². The minimum absolute atomic E-state index is 0.180. The van der Waals surface area contributed by atoms with Crippen molar-refractivity contribution in [3.8, 4) is 0 Å². The maximum Gasteiger partial charge on any atom is 0.246 e. The number of sulfone groups is 1. The van der Waals surface area contributed by atoms with Crippen molar-refractivity contribution in [1.82, 2.24) is 4.90 Å². The number of nitrogens with zero attached hydrogens (tertiary/aromatic N) is 1. The van der Waals surface area contributed by atoms with Crippen molar-refractivity contribution < 1.29 is 13.2 Å². The highest BCUT2D eigenvalue weighted by atomic mass is 35.5. The third-order valence-electron chi connectivity index (χ3n) is 4.26. The van der Waals surface area contributed by atoms with Gasteiger partial charge in [0.15, 0.2) is 9.84 Å². The van der Waals surface area contributed by atoms with Crippen LogP contribution in [0.4, 0.5) is 0 Å². The lowest BCUT2D eigenvalue weighted by Gasteiger charge is -2.15. The van der Waals surface area contributed by atoms with Gasteiger partial charge in [-0.15, -0.1) is 0 Å². The average molecular weight is 376 g/mol. The number of hydrogen-bond donors (Lipinski definition) is 0. The molecule has 2 aromatic carbocycles. The van der Waals surface area contributed by atoms with E-state index in [-0.39, 0.29) is 12.5 Å². The number of hydrogen-bond acceptors (Lipinski definition) is 3. The Morgan fingerprint density at radius 2 is 1.76 bits per heavy atom. The van der Waals surface area contributed by atoms with Gasteiger partial charge in [0.25, 0.3) is 0 Å². The lowest BCUT2D eigenvalue weighted by Crippen LogP contribution is -2.30. The van der Waals surface area contributed by atoms with Crippen molar-refractivity contribution in [2.24, 2.45) is 0 Å². The standard InChI is InChI=1S/C19H18ClNO3S/c20-16-9-6-15(7-10-16)8-11-19(22)21-13-12-18(14-21)25(23,24)17-4-2-1-3-5-17/h1-11,18H,12-14H2/b11-8+. The minimum Gasteiger partial charge on any atom is -0.338 e. The molecule has 0 saturated carbocycles. The molecule has 1 atom stereocenters. The van der Waals surface area contributed by atoms with Crippen molar-refractivity contribution in [2.45, 2.75) is 16.6 Å². The van der Waals surface area contributed by atoms with E-state index in [0.717, 1.165) is 5.56 Å². The zero-order chi connectivity index (χ0) is 17.9. The Morgan fingerprint density at radius 3 is 2.44 bits per heavy atom. The lowest BCUT2D eigenvalue weighted by molar-refractivity contribution is -0.124. The fourth-order valence-electron chi connectivity index (χ4n) is 2.83. The third kappa shape index (κ3) is 4.11. The first kappa shape index (κ1) is 17.7. The van der Waals surface area contributed by atoms with Crippen LogP contribution in [0.1, 0.15) is 12.0 Å². The van der Waals surface area contributed by atoms with E-state index >= 15 is 0 Å². The van der Waals surface area contributed by atoms with Crippen LogP contribution >= 0.6 is 11.6 Å². The molecule has 3 rings (SSSR count). The first-order valence-corrected chi connectivity index (χ1v) is 9.91. The highest BCUT2D eigenvalue weighted by Crippen LogP contribution is 2.24. The van der Waals surface area contributed by atoms with Gasteiger partial charge in [0.1, 0.15) is 0 Å². The summed E-state index contributed by atoms with van der Waals surface area (Å²) in [7, 11) is -3.41. The topological polar surface area (TPSA) is 54.5 Å². The Balaban J connectivity index is 1.66. The van der Waals surface area contributed by atoms with Gasteiger partial charge in [0, 0.05) is 24.2 Å². The van der Waals surface area contributed by atoms with E-state index in [4.69, 9.17) is 11.6 Å². The molecule has 6 heteroatoms. The van der Waals surface area contributed by atoms with Gasteiger partial charge in [-0.3, -0.25) is 4.79 Å². The molecule has 1 amide bonds. The maximum absolute atomic E-state index is 12.6. The summed E-state index contributed by atoms with van der Waals surface area (Å²) < 4.78 is 25.3. The highest BCUT2D eigenvalue weighted by molar-refractivity contribution is 7.92. The Hall–Kier alpha value is -2.11. The average Bonchev–Trinajstić information content (AvgIpc) is 3.13. The zero-order valence-electron chi connectivity index (χ0n) is 13.5. The largest absolute Gasteiger partial charge is 0.338 e. The van der Waals surface area contributed by atoms with Gasteiger partial charge in [-0.2, -0.15) is 0 Å². The molecular weight excluding hydrogens is 358 g/mol. The van der Waals surface area contributed by atoms with Crippen LogP contribution in [0.15, 0.2) is 65.6 Å². The van der Waals surface area contributed by atoms with Crippen LogP contribution in [-0.4, -0.2) is 37.6 Å². The smallest absolute Gasteiger partial charge is 0.246 e. The van der Waals surface area contributed by atoms with Crippen LogP contribution in [0.3, 0.4) is 0 Å². The van der Waals surface area contributed by atoms with Crippen LogP contribution in [0.25, 0.3) is 6.08 Å². The third-order valence-corrected chi connectivity index (χ3v) is 6.70. The molecule has 0 bridgehead atoms. The molecule has 1 heterocycles. The summed E-state index contributed by atoms with van der Waals surface area (Å²) >= 11 is 5.83. The first-order chi connectivity index (χ1) is 12.0. The van der Waals surface area contributed by atoms with Crippen molar-refractivity contribution in [1.29, 1.82) is 0 Å². The number of carbonyl (C=O) groups is 1. The number of carbonyl (C=O) groups excluding carboxylic acids is 1. The zero-order valence-corrected chi connectivity index (χ0v) is 15.1. The van der Waals surface area contributed by atoms with Crippen molar-refractivity contribution >= 4 is 33.4 Å². The van der Waals surface area contributed by atoms with E-state index in [2.05, 4.69) is 0 Å². The van der Waals surface area contributed by atoms with Crippen LogP contribution in [0.5, 0.6) is 0 Å². The molecule has 4 nitrogen and oxygen atoms in total. The molecule has 1 unspecified atom stereocenters. The molecular formula is C19H18ClNO3S. The summed E-state index contributed by atoms with van der Waals surface area (Å²) in [6, 6.07) is 15.5. The van der Waals surface area contributed by atoms with Gasteiger partial charge in [0.2, 0.25) is 5.91 Å². The molecule has 1 saturated heterocycles. The van der Waals surface area contributed by atoms with E-state index in [1.807, 2.05) is 12.1 Å². The fraction of sp³-hybridized carbons (Fsp3) is 0.211. The molecule has 0 aliphatic carbocycles. The molecule has 1 aliphatic rings. The van der Waals surface area contributed by atoms with Crippen LogP contribution in [0.2, 0.25) is 5.02 Å². The predicted octanol–water partition coefficient (Wildman–Crippen LogP) is 3.43. The Morgan fingerprint density at radius 1 is 1.08 bits per heavy atom. The van der Waals surface area contributed by atoms with Gasteiger partial charge >= 0.3 is 0 Å². The quantitative estimate of drug-likeness (QED) is 0.769. The second-order valence-electron chi connectivity index (χ2n) is 5.94. The molecule has 0 N–H and O–H groups in total. The van der Waals surface area contributed by atoms with E-state index < -0.39 is 15.1 Å². The van der Waals surface area contributed by atoms with Gasteiger partial charge in [0.05, 0.1) is 10.1 Å². The van der Waals surface area contributed by atoms with Crippen LogP contribution in [0, 0.1) is 0 Å². The van der Waals surface area contributed by atoms with Gasteiger partial charge in [-0.25, -0.2) is 8.42 Å². The molecule has 0 aromatic heterocycles. The van der Waals surface area contributed by atoms with Crippen LogP contribution in [-0.2, 0) is 14.6 Å². The van der Waals surface area contributed by atoms with Crippen molar-refractivity contribution in [3.63, 3.8) is 0 Å².